The van der Waals surface area contributed by atoms with E-state index in [1.165, 1.54) is 0 Å². The number of anilines is 2. The molecule has 3 heterocycles. The topological polar surface area (TPSA) is 74.2 Å². The highest BCUT2D eigenvalue weighted by molar-refractivity contribution is 5.88. The van der Waals surface area contributed by atoms with Gasteiger partial charge in [0.25, 0.3) is 0 Å². The molecule has 3 rings (SSSR count). The summed E-state index contributed by atoms with van der Waals surface area (Å²) in [6.07, 6.45) is 10.4. The summed E-state index contributed by atoms with van der Waals surface area (Å²) in [6, 6.07) is 5.57. The van der Waals surface area contributed by atoms with Crippen molar-refractivity contribution < 1.29 is 4.79 Å². The molecule has 0 unspecified atom stereocenters. The molecule has 2 aromatic heterocycles. The fraction of sp³-hybridized carbons (Fsp3) is 0.368. The maximum atomic E-state index is 12.6. The Labute approximate surface area is 153 Å². The van der Waals surface area contributed by atoms with Crippen LogP contribution in [-0.2, 0) is 4.79 Å². The number of likely N-dealkylation sites (tertiary alicyclic amines) is 1. The smallest absolute Gasteiger partial charge is 0.246 e. The summed E-state index contributed by atoms with van der Waals surface area (Å²) in [5, 5.41) is 3.22. The first-order valence-electron chi connectivity index (χ1n) is 8.76. The number of carbonyl (C=O) groups is 1. The Kier molecular flexibility index (Phi) is 5.91. The minimum absolute atomic E-state index is 0.0174. The number of nitrogens with one attached hydrogen (secondary N) is 1. The average Bonchev–Trinajstić information content (AvgIpc) is 3.12. The van der Waals surface area contributed by atoms with E-state index in [1.807, 2.05) is 48.2 Å². The first kappa shape index (κ1) is 18.0. The van der Waals surface area contributed by atoms with Crippen molar-refractivity contribution in [1.29, 1.82) is 0 Å². The molecule has 0 aliphatic carbocycles. The van der Waals surface area contributed by atoms with Gasteiger partial charge in [-0.2, -0.15) is 0 Å². The van der Waals surface area contributed by atoms with Gasteiger partial charge in [0.15, 0.2) is 5.82 Å². The molecule has 1 fully saturated rings. The van der Waals surface area contributed by atoms with Crippen LogP contribution in [-0.4, -0.2) is 57.8 Å². The number of rotatable bonds is 6. The van der Waals surface area contributed by atoms with Crippen molar-refractivity contribution in [2.45, 2.75) is 18.9 Å². The number of amides is 1. The number of nitrogens with zero attached hydrogens (tertiary/aromatic N) is 5. The van der Waals surface area contributed by atoms with Crippen LogP contribution in [0.2, 0.25) is 0 Å². The van der Waals surface area contributed by atoms with Crippen molar-refractivity contribution in [1.82, 2.24) is 24.8 Å². The molecule has 1 aliphatic heterocycles. The molecule has 0 radical (unpaired) electrons. The first-order chi connectivity index (χ1) is 12.6. The molecular weight excluding hydrogens is 328 g/mol. The van der Waals surface area contributed by atoms with E-state index >= 15 is 0 Å². The average molecular weight is 352 g/mol. The summed E-state index contributed by atoms with van der Waals surface area (Å²) in [6.45, 7) is 1.47. The quantitative estimate of drug-likeness (QED) is 0.805. The van der Waals surface area contributed by atoms with Crippen LogP contribution < -0.4 is 5.32 Å². The van der Waals surface area contributed by atoms with Crippen molar-refractivity contribution in [3.8, 4) is 0 Å². The summed E-state index contributed by atoms with van der Waals surface area (Å²) >= 11 is 0. The van der Waals surface area contributed by atoms with Gasteiger partial charge in [0.05, 0.1) is 6.04 Å². The molecule has 7 heteroatoms. The zero-order valence-electron chi connectivity index (χ0n) is 15.2. The van der Waals surface area contributed by atoms with Gasteiger partial charge in [0.2, 0.25) is 5.91 Å². The summed E-state index contributed by atoms with van der Waals surface area (Å²) in [4.78, 5) is 29.7. The molecular formula is C19H24N6O. The molecule has 1 aliphatic rings. The minimum atomic E-state index is -0.0774. The summed E-state index contributed by atoms with van der Waals surface area (Å²) < 4.78 is 0. The molecule has 0 saturated carbocycles. The second-order valence-corrected chi connectivity index (χ2v) is 6.48. The van der Waals surface area contributed by atoms with Gasteiger partial charge in [-0.05, 0) is 39.1 Å². The van der Waals surface area contributed by atoms with E-state index in [2.05, 4.69) is 20.3 Å². The predicted octanol–water partition coefficient (Wildman–Crippen LogP) is 2.40. The van der Waals surface area contributed by atoms with Crippen LogP contribution in [0.5, 0.6) is 0 Å². The lowest BCUT2D eigenvalue weighted by atomic mass is 10.1. The summed E-state index contributed by atoms with van der Waals surface area (Å²) in [5.41, 5.74) is 0.782. The highest BCUT2D eigenvalue weighted by atomic mass is 16.2. The Bertz CT molecular complexity index is 762. The first-order valence-corrected chi connectivity index (χ1v) is 8.76. The molecule has 1 atom stereocenters. The van der Waals surface area contributed by atoms with Gasteiger partial charge >= 0.3 is 0 Å². The van der Waals surface area contributed by atoms with Gasteiger partial charge in [-0.1, -0.05) is 12.1 Å². The van der Waals surface area contributed by atoms with E-state index < -0.39 is 0 Å². The van der Waals surface area contributed by atoms with Crippen molar-refractivity contribution in [2.75, 3.05) is 32.5 Å². The largest absolute Gasteiger partial charge is 0.330 e. The third-order valence-corrected chi connectivity index (χ3v) is 4.22. The van der Waals surface area contributed by atoms with E-state index in [4.69, 9.17) is 0 Å². The molecule has 0 aromatic carbocycles. The van der Waals surface area contributed by atoms with Crippen LogP contribution in [0, 0.1) is 0 Å². The maximum absolute atomic E-state index is 12.6. The number of likely N-dealkylation sites (N-methyl/N-ethyl adjacent to an activating group) is 1. The van der Waals surface area contributed by atoms with Gasteiger partial charge in [-0.25, -0.2) is 9.97 Å². The Morgan fingerprint density at radius 2 is 2.12 bits per heavy atom. The van der Waals surface area contributed by atoms with E-state index in [1.54, 1.807) is 24.7 Å². The number of hydrogen-bond acceptors (Lipinski definition) is 6. The van der Waals surface area contributed by atoms with Crippen LogP contribution >= 0.6 is 0 Å². The Balaban J connectivity index is 1.79. The van der Waals surface area contributed by atoms with Gasteiger partial charge in [-0.3, -0.25) is 9.78 Å². The normalized spacial score (nSPS) is 17.2. The van der Waals surface area contributed by atoms with Gasteiger partial charge in [0, 0.05) is 37.8 Å². The van der Waals surface area contributed by atoms with Crippen LogP contribution in [0.4, 0.5) is 11.6 Å². The molecule has 1 N–H and O–H groups in total. The fourth-order valence-corrected chi connectivity index (χ4v) is 3.02. The molecule has 1 saturated heterocycles. The van der Waals surface area contributed by atoms with E-state index in [-0.39, 0.29) is 11.9 Å². The minimum Gasteiger partial charge on any atom is -0.330 e. The van der Waals surface area contributed by atoms with Gasteiger partial charge in [0.1, 0.15) is 11.5 Å². The SMILES string of the molecule is CN(C)C/C=C/C(=O)N1CCC[C@@H]1c1nccnc1Nc1ccccn1. The van der Waals surface area contributed by atoms with E-state index in [0.29, 0.717) is 11.6 Å². The van der Waals surface area contributed by atoms with Crippen molar-refractivity contribution in [3.63, 3.8) is 0 Å². The lowest BCUT2D eigenvalue weighted by molar-refractivity contribution is -0.127. The Hall–Kier alpha value is -2.80. The lowest BCUT2D eigenvalue weighted by Gasteiger charge is -2.24. The van der Waals surface area contributed by atoms with Crippen molar-refractivity contribution in [2.24, 2.45) is 0 Å². The second-order valence-electron chi connectivity index (χ2n) is 6.48. The fourth-order valence-electron chi connectivity index (χ4n) is 3.02. The van der Waals surface area contributed by atoms with Crippen LogP contribution in [0.3, 0.4) is 0 Å². The van der Waals surface area contributed by atoms with E-state index in [0.717, 1.165) is 31.6 Å². The van der Waals surface area contributed by atoms with Crippen LogP contribution in [0.25, 0.3) is 0 Å². The molecule has 1 amide bonds. The Morgan fingerprint density at radius 1 is 1.27 bits per heavy atom. The molecule has 7 nitrogen and oxygen atoms in total. The van der Waals surface area contributed by atoms with Gasteiger partial charge in [-0.15, -0.1) is 0 Å². The highest BCUT2D eigenvalue weighted by Crippen LogP contribution is 2.34. The van der Waals surface area contributed by atoms with Crippen molar-refractivity contribution >= 4 is 17.5 Å². The number of hydrogen-bond donors (Lipinski definition) is 1. The summed E-state index contributed by atoms with van der Waals surface area (Å²) in [5.74, 6) is 1.37. The molecule has 26 heavy (non-hydrogen) atoms. The maximum Gasteiger partial charge on any atom is 0.246 e. The summed E-state index contributed by atoms with van der Waals surface area (Å²) in [7, 11) is 3.95. The molecule has 0 spiro atoms. The zero-order valence-corrected chi connectivity index (χ0v) is 15.2. The monoisotopic (exact) mass is 352 g/mol. The van der Waals surface area contributed by atoms with Crippen molar-refractivity contribution in [3.05, 3.63) is 54.6 Å². The lowest BCUT2D eigenvalue weighted by Crippen LogP contribution is -2.30. The third-order valence-electron chi connectivity index (χ3n) is 4.22. The number of pyridine rings is 1. The zero-order chi connectivity index (χ0) is 18.4. The third kappa shape index (κ3) is 4.43. The molecule has 0 bridgehead atoms. The highest BCUT2D eigenvalue weighted by Gasteiger charge is 2.32. The second kappa shape index (κ2) is 8.53. The number of aromatic nitrogens is 3. The van der Waals surface area contributed by atoms with Crippen LogP contribution in [0.15, 0.2) is 48.9 Å². The van der Waals surface area contributed by atoms with Crippen LogP contribution in [0.1, 0.15) is 24.6 Å². The van der Waals surface area contributed by atoms with E-state index in [9.17, 15) is 4.79 Å². The molecule has 2 aromatic rings. The standard InChI is InChI=1S/C19H24N6O/c1-24(2)13-6-9-17(26)25-14-5-7-15(25)18-19(22-12-11-21-18)23-16-8-3-4-10-20-16/h3-4,6,8-12,15H,5,7,13-14H2,1-2H3,(H,20,22,23)/b9-6+/t15-/m1/s1. The molecule has 136 valence electrons. The Morgan fingerprint density at radius 3 is 2.88 bits per heavy atom. The number of carbonyl (C=O) groups excluding carboxylic acids is 1. The predicted molar refractivity (Wildman–Crippen MR) is 101 cm³/mol. The van der Waals surface area contributed by atoms with Gasteiger partial charge < -0.3 is 15.1 Å².